The summed E-state index contributed by atoms with van der Waals surface area (Å²) in [6.45, 7) is -0.211. The Balaban J connectivity index is 1.70. The predicted molar refractivity (Wildman–Crippen MR) is 95.5 cm³/mol. The fourth-order valence-electron chi connectivity index (χ4n) is 2.48. The Kier molecular flexibility index (Phi) is 5.53. The molecule has 150 valence electrons. The molecule has 3 aromatic rings. The zero-order valence-electron chi connectivity index (χ0n) is 14.6. The number of para-hydroxylation sites is 3. The first-order valence-corrected chi connectivity index (χ1v) is 8.18. The maximum Gasteiger partial charge on any atom is 0.418 e. The van der Waals surface area contributed by atoms with E-state index < -0.39 is 28.3 Å². The number of carbonyl (C=O) groups is 1. The van der Waals surface area contributed by atoms with E-state index in [0.29, 0.717) is 0 Å². The van der Waals surface area contributed by atoms with Crippen molar-refractivity contribution in [2.45, 2.75) is 12.8 Å². The van der Waals surface area contributed by atoms with Crippen LogP contribution in [0.25, 0.3) is 0 Å². The number of rotatable bonds is 6. The molecule has 0 aliphatic rings. The van der Waals surface area contributed by atoms with Crippen molar-refractivity contribution in [3.63, 3.8) is 0 Å². The van der Waals surface area contributed by atoms with E-state index in [1.54, 1.807) is 6.07 Å². The predicted octanol–water partition coefficient (Wildman–Crippen LogP) is 5.04. The van der Waals surface area contributed by atoms with Gasteiger partial charge in [-0.15, -0.1) is 0 Å². The number of nitrogens with one attached hydrogen (secondary N) is 1. The topological polar surface area (TPSA) is 94.6 Å². The molecule has 0 spiro atoms. The SMILES string of the molecule is O=C(Nc1ccccc1C(F)(F)F)c1ccc(COc2ccccc2[N+](=O)[O-])o1. The van der Waals surface area contributed by atoms with E-state index in [0.717, 1.165) is 12.1 Å². The monoisotopic (exact) mass is 406 g/mol. The van der Waals surface area contributed by atoms with Gasteiger partial charge in [0.25, 0.3) is 5.91 Å². The summed E-state index contributed by atoms with van der Waals surface area (Å²) < 4.78 is 49.7. The van der Waals surface area contributed by atoms with Crippen molar-refractivity contribution >= 4 is 17.3 Å². The summed E-state index contributed by atoms with van der Waals surface area (Å²) in [7, 11) is 0. The molecular weight excluding hydrogens is 393 g/mol. The zero-order valence-corrected chi connectivity index (χ0v) is 14.6. The second-order valence-corrected chi connectivity index (χ2v) is 5.78. The Hall–Kier alpha value is -3.82. The molecule has 2 aromatic carbocycles. The van der Waals surface area contributed by atoms with Crippen LogP contribution in [0.4, 0.5) is 24.5 Å². The van der Waals surface area contributed by atoms with Crippen molar-refractivity contribution < 1.29 is 32.0 Å². The zero-order chi connectivity index (χ0) is 21.0. The van der Waals surface area contributed by atoms with E-state index in [1.165, 1.54) is 42.5 Å². The molecule has 3 rings (SSSR count). The molecule has 29 heavy (non-hydrogen) atoms. The molecule has 1 amide bonds. The van der Waals surface area contributed by atoms with Crippen molar-refractivity contribution in [3.8, 4) is 5.75 Å². The number of nitro groups is 1. The second kappa shape index (κ2) is 8.05. The van der Waals surface area contributed by atoms with Crippen LogP contribution >= 0.6 is 0 Å². The van der Waals surface area contributed by atoms with Crippen molar-refractivity contribution in [1.82, 2.24) is 0 Å². The number of hydrogen-bond donors (Lipinski definition) is 1. The van der Waals surface area contributed by atoms with Crippen LogP contribution in [0.3, 0.4) is 0 Å². The summed E-state index contributed by atoms with van der Waals surface area (Å²) in [5, 5.41) is 13.1. The lowest BCUT2D eigenvalue weighted by atomic mass is 10.1. The lowest BCUT2D eigenvalue weighted by Crippen LogP contribution is -2.16. The van der Waals surface area contributed by atoms with E-state index in [9.17, 15) is 28.1 Å². The number of amides is 1. The first-order chi connectivity index (χ1) is 13.8. The van der Waals surface area contributed by atoms with Crippen LogP contribution in [-0.4, -0.2) is 10.8 Å². The number of carbonyl (C=O) groups excluding carboxylic acids is 1. The lowest BCUT2D eigenvalue weighted by Gasteiger charge is -2.12. The summed E-state index contributed by atoms with van der Waals surface area (Å²) in [4.78, 5) is 22.6. The highest BCUT2D eigenvalue weighted by atomic mass is 19.4. The minimum atomic E-state index is -4.63. The van der Waals surface area contributed by atoms with E-state index in [2.05, 4.69) is 5.32 Å². The highest BCUT2D eigenvalue weighted by molar-refractivity contribution is 6.02. The average molecular weight is 406 g/mol. The number of alkyl halides is 3. The van der Waals surface area contributed by atoms with Gasteiger partial charge in [0.1, 0.15) is 12.4 Å². The van der Waals surface area contributed by atoms with Crippen LogP contribution < -0.4 is 10.1 Å². The maximum atomic E-state index is 13.0. The summed E-state index contributed by atoms with van der Waals surface area (Å²) >= 11 is 0. The molecule has 0 unspecified atom stereocenters. The normalized spacial score (nSPS) is 11.1. The quantitative estimate of drug-likeness (QED) is 0.457. The summed E-state index contributed by atoms with van der Waals surface area (Å²) in [5.74, 6) is -0.932. The molecule has 0 bridgehead atoms. The summed E-state index contributed by atoms with van der Waals surface area (Å²) in [6, 6.07) is 12.9. The third-order valence-corrected chi connectivity index (χ3v) is 3.80. The second-order valence-electron chi connectivity index (χ2n) is 5.78. The van der Waals surface area contributed by atoms with Crippen molar-refractivity contribution in [2.24, 2.45) is 0 Å². The van der Waals surface area contributed by atoms with Crippen LogP contribution in [0.15, 0.2) is 65.1 Å². The van der Waals surface area contributed by atoms with Crippen molar-refractivity contribution in [1.29, 1.82) is 0 Å². The molecule has 1 heterocycles. The molecule has 0 aliphatic carbocycles. The van der Waals surface area contributed by atoms with Crippen molar-refractivity contribution in [2.75, 3.05) is 5.32 Å². The molecule has 0 radical (unpaired) electrons. The maximum absolute atomic E-state index is 13.0. The first kappa shape index (κ1) is 19.9. The van der Waals surface area contributed by atoms with E-state index in [1.807, 2.05) is 0 Å². The van der Waals surface area contributed by atoms with E-state index in [-0.39, 0.29) is 29.6 Å². The Bertz CT molecular complexity index is 1050. The number of furan rings is 1. The van der Waals surface area contributed by atoms with Crippen LogP contribution in [0, 0.1) is 10.1 Å². The number of halogens is 3. The molecule has 1 N–H and O–H groups in total. The fourth-order valence-corrected chi connectivity index (χ4v) is 2.48. The smallest absolute Gasteiger partial charge is 0.418 e. The van der Waals surface area contributed by atoms with Gasteiger partial charge in [-0.1, -0.05) is 24.3 Å². The van der Waals surface area contributed by atoms with Gasteiger partial charge in [-0.3, -0.25) is 14.9 Å². The van der Waals surface area contributed by atoms with E-state index >= 15 is 0 Å². The first-order valence-electron chi connectivity index (χ1n) is 8.18. The third-order valence-electron chi connectivity index (χ3n) is 3.80. The standard InChI is InChI=1S/C19H13F3N2O5/c20-19(21,22)13-5-1-2-6-14(13)23-18(25)17-10-9-12(29-17)11-28-16-8-4-3-7-15(16)24(26)27/h1-10H,11H2,(H,23,25). The Morgan fingerprint density at radius 3 is 2.48 bits per heavy atom. The molecule has 0 aliphatic heterocycles. The highest BCUT2D eigenvalue weighted by Crippen LogP contribution is 2.34. The molecule has 0 fully saturated rings. The van der Waals surface area contributed by atoms with Gasteiger partial charge in [0.15, 0.2) is 11.5 Å². The molecule has 1 aromatic heterocycles. The summed E-state index contributed by atoms with van der Waals surface area (Å²) in [5.41, 5.74) is -1.63. The third kappa shape index (κ3) is 4.72. The van der Waals surface area contributed by atoms with Crippen LogP contribution in [0.5, 0.6) is 5.75 Å². The van der Waals surface area contributed by atoms with Gasteiger partial charge in [-0.2, -0.15) is 13.2 Å². The fraction of sp³-hybridized carbons (Fsp3) is 0.105. The number of ether oxygens (including phenoxy) is 1. The van der Waals surface area contributed by atoms with Gasteiger partial charge >= 0.3 is 11.9 Å². The number of benzene rings is 2. The lowest BCUT2D eigenvalue weighted by molar-refractivity contribution is -0.386. The minimum absolute atomic E-state index is 0.0130. The molecule has 10 heteroatoms. The highest BCUT2D eigenvalue weighted by Gasteiger charge is 2.33. The van der Waals surface area contributed by atoms with Gasteiger partial charge in [0.2, 0.25) is 0 Å². The van der Waals surface area contributed by atoms with Gasteiger partial charge in [0.05, 0.1) is 16.2 Å². The van der Waals surface area contributed by atoms with Crippen LogP contribution in [0.2, 0.25) is 0 Å². The summed E-state index contributed by atoms with van der Waals surface area (Å²) in [6.07, 6.45) is -4.63. The molecular formula is C19H13F3N2O5. The Morgan fingerprint density at radius 2 is 1.76 bits per heavy atom. The largest absolute Gasteiger partial charge is 0.479 e. The van der Waals surface area contributed by atoms with Gasteiger partial charge in [-0.25, -0.2) is 0 Å². The number of hydrogen-bond acceptors (Lipinski definition) is 5. The van der Waals surface area contributed by atoms with Gasteiger partial charge in [0, 0.05) is 6.07 Å². The number of nitrogens with zero attached hydrogens (tertiary/aromatic N) is 1. The minimum Gasteiger partial charge on any atom is -0.479 e. The Labute approximate surface area is 161 Å². The van der Waals surface area contributed by atoms with Crippen LogP contribution in [-0.2, 0) is 12.8 Å². The average Bonchev–Trinajstić information content (AvgIpc) is 3.15. The molecule has 7 nitrogen and oxygen atoms in total. The molecule has 0 saturated heterocycles. The van der Waals surface area contributed by atoms with Crippen molar-refractivity contribution in [3.05, 3.63) is 87.9 Å². The Morgan fingerprint density at radius 1 is 1.07 bits per heavy atom. The number of nitro benzene ring substituents is 1. The molecule has 0 atom stereocenters. The van der Waals surface area contributed by atoms with Gasteiger partial charge in [-0.05, 0) is 30.3 Å². The van der Waals surface area contributed by atoms with Gasteiger partial charge < -0.3 is 14.5 Å². The van der Waals surface area contributed by atoms with Crippen LogP contribution in [0.1, 0.15) is 21.9 Å². The number of anilines is 1. The molecule has 0 saturated carbocycles. The van der Waals surface area contributed by atoms with E-state index in [4.69, 9.17) is 9.15 Å².